The maximum atomic E-state index is 13.0. The molecule has 0 spiro atoms. The molecule has 162 valence electrons. The second-order valence-electron chi connectivity index (χ2n) is 7.40. The molecule has 2 aliphatic rings. The van der Waals surface area contributed by atoms with Crippen molar-refractivity contribution in [3.05, 3.63) is 48.0 Å². The molecule has 0 bridgehead atoms. The van der Waals surface area contributed by atoms with Gasteiger partial charge in [-0.05, 0) is 43.3 Å². The molecule has 0 saturated carbocycles. The number of anilines is 3. The molecule has 0 aliphatic carbocycles. The molecular weight excluding hydrogens is 415 g/mol. The molecule has 3 amide bonds. The number of halogens is 3. The lowest BCUT2D eigenvalue weighted by atomic mass is 10.1. The van der Waals surface area contributed by atoms with E-state index in [0.29, 0.717) is 17.1 Å². The third-order valence-electron chi connectivity index (χ3n) is 5.16. The largest absolute Gasteiger partial charge is 0.479 e. The molecule has 1 fully saturated rings. The molecule has 2 aromatic rings. The van der Waals surface area contributed by atoms with E-state index in [0.717, 1.165) is 12.1 Å². The Morgan fingerprint density at radius 1 is 1.19 bits per heavy atom. The van der Waals surface area contributed by atoms with Gasteiger partial charge in [-0.25, -0.2) is 0 Å². The van der Waals surface area contributed by atoms with Crippen molar-refractivity contribution in [2.75, 3.05) is 22.1 Å². The number of ether oxygens (including phenoxy) is 1. The zero-order valence-corrected chi connectivity index (χ0v) is 16.3. The van der Waals surface area contributed by atoms with Crippen molar-refractivity contribution >= 4 is 34.8 Å². The Morgan fingerprint density at radius 2 is 1.97 bits per heavy atom. The highest BCUT2D eigenvalue weighted by atomic mass is 19.4. The molecule has 2 aliphatic heterocycles. The van der Waals surface area contributed by atoms with E-state index in [1.165, 1.54) is 17.0 Å². The molecule has 0 unspecified atom stereocenters. The van der Waals surface area contributed by atoms with Crippen LogP contribution in [-0.4, -0.2) is 30.4 Å². The van der Waals surface area contributed by atoms with Crippen molar-refractivity contribution in [2.24, 2.45) is 5.92 Å². The van der Waals surface area contributed by atoms with Gasteiger partial charge in [-0.3, -0.25) is 14.4 Å². The third-order valence-corrected chi connectivity index (χ3v) is 5.16. The first-order chi connectivity index (χ1) is 14.6. The van der Waals surface area contributed by atoms with Gasteiger partial charge in [0.1, 0.15) is 5.75 Å². The van der Waals surface area contributed by atoms with Crippen LogP contribution in [0.25, 0.3) is 0 Å². The maximum absolute atomic E-state index is 13.0. The first-order valence-corrected chi connectivity index (χ1v) is 9.52. The van der Waals surface area contributed by atoms with Crippen LogP contribution in [0.3, 0.4) is 0 Å². The molecule has 7 nitrogen and oxygen atoms in total. The summed E-state index contributed by atoms with van der Waals surface area (Å²) in [6, 6.07) is 9.19. The van der Waals surface area contributed by atoms with Crippen LogP contribution < -0.4 is 20.3 Å². The zero-order valence-electron chi connectivity index (χ0n) is 16.3. The molecule has 1 saturated heterocycles. The number of amides is 3. The standard InChI is InChI=1S/C21H18F3N3O4/c1-11-19(29)26-16-9-14(5-6-17(16)31-11)25-20(30)12-7-18(28)27(10-12)15-4-2-3-13(8-15)21(22,23)24/h2-6,8-9,11-12H,7,10H2,1H3,(H,25,30)(H,26,29)/t11-,12+/m0/s1. The van der Waals surface area contributed by atoms with Crippen molar-refractivity contribution in [3.63, 3.8) is 0 Å². The van der Waals surface area contributed by atoms with Gasteiger partial charge in [-0.1, -0.05) is 6.07 Å². The van der Waals surface area contributed by atoms with Crippen molar-refractivity contribution < 1.29 is 32.3 Å². The van der Waals surface area contributed by atoms with Gasteiger partial charge in [-0.2, -0.15) is 13.2 Å². The average Bonchev–Trinajstić information content (AvgIpc) is 3.10. The van der Waals surface area contributed by atoms with Gasteiger partial charge < -0.3 is 20.3 Å². The fraction of sp³-hybridized carbons (Fsp3) is 0.286. The van der Waals surface area contributed by atoms with Crippen molar-refractivity contribution in [3.8, 4) is 5.75 Å². The van der Waals surface area contributed by atoms with Crippen LogP contribution in [0, 0.1) is 5.92 Å². The molecule has 2 heterocycles. The Kier molecular flexibility index (Phi) is 5.08. The number of nitrogens with zero attached hydrogens (tertiary/aromatic N) is 1. The van der Waals surface area contributed by atoms with Crippen molar-refractivity contribution in [1.29, 1.82) is 0 Å². The summed E-state index contributed by atoms with van der Waals surface area (Å²) in [4.78, 5) is 38.0. The molecular formula is C21H18F3N3O4. The van der Waals surface area contributed by atoms with Gasteiger partial charge in [0.15, 0.2) is 6.10 Å². The number of hydrogen-bond donors (Lipinski definition) is 2. The van der Waals surface area contributed by atoms with Crippen LogP contribution in [0.1, 0.15) is 18.9 Å². The minimum atomic E-state index is -4.53. The summed E-state index contributed by atoms with van der Waals surface area (Å²) in [6.45, 7) is 1.58. The van der Waals surface area contributed by atoms with Gasteiger partial charge in [0.25, 0.3) is 5.91 Å². The summed E-state index contributed by atoms with van der Waals surface area (Å²) >= 11 is 0. The summed E-state index contributed by atoms with van der Waals surface area (Å²) in [5.74, 6) is -1.45. The van der Waals surface area contributed by atoms with E-state index in [2.05, 4.69) is 10.6 Å². The van der Waals surface area contributed by atoms with Crippen molar-refractivity contribution in [1.82, 2.24) is 0 Å². The Balaban J connectivity index is 1.46. The van der Waals surface area contributed by atoms with Gasteiger partial charge in [0, 0.05) is 24.3 Å². The van der Waals surface area contributed by atoms with Crippen molar-refractivity contribution in [2.45, 2.75) is 25.6 Å². The SMILES string of the molecule is C[C@@H]1Oc2ccc(NC(=O)[C@@H]3CC(=O)N(c4cccc(C(F)(F)F)c4)C3)cc2NC1=O. The smallest absolute Gasteiger partial charge is 0.416 e. The predicted octanol–water partition coefficient (Wildman–Crippen LogP) is 3.42. The van der Waals surface area contributed by atoms with E-state index < -0.39 is 35.6 Å². The number of carbonyl (C=O) groups excluding carboxylic acids is 3. The Hall–Kier alpha value is -3.56. The molecule has 10 heteroatoms. The molecule has 2 N–H and O–H groups in total. The van der Waals surface area contributed by atoms with E-state index >= 15 is 0 Å². The molecule has 4 rings (SSSR count). The summed E-state index contributed by atoms with van der Waals surface area (Å²) in [7, 11) is 0. The van der Waals surface area contributed by atoms with Gasteiger partial charge in [0.2, 0.25) is 11.8 Å². The minimum Gasteiger partial charge on any atom is -0.479 e. The number of hydrogen-bond acceptors (Lipinski definition) is 4. The van der Waals surface area contributed by atoms with E-state index in [4.69, 9.17) is 4.74 Å². The van der Waals surface area contributed by atoms with Crippen LogP contribution in [-0.2, 0) is 20.6 Å². The number of carbonyl (C=O) groups is 3. The van der Waals surface area contributed by atoms with Crippen LogP contribution >= 0.6 is 0 Å². The quantitative estimate of drug-likeness (QED) is 0.777. The Morgan fingerprint density at radius 3 is 2.71 bits per heavy atom. The normalized spacial score (nSPS) is 20.7. The molecule has 0 aromatic heterocycles. The average molecular weight is 433 g/mol. The van der Waals surface area contributed by atoms with E-state index in [-0.39, 0.29) is 24.6 Å². The number of rotatable bonds is 3. The molecule has 0 radical (unpaired) electrons. The van der Waals surface area contributed by atoms with E-state index in [9.17, 15) is 27.6 Å². The Labute approximate surface area is 175 Å². The highest BCUT2D eigenvalue weighted by Gasteiger charge is 2.37. The number of nitrogens with one attached hydrogen (secondary N) is 2. The lowest BCUT2D eigenvalue weighted by Gasteiger charge is -2.24. The lowest BCUT2D eigenvalue weighted by Crippen LogP contribution is -2.34. The molecule has 2 aromatic carbocycles. The number of benzene rings is 2. The fourth-order valence-corrected chi connectivity index (χ4v) is 3.51. The summed E-state index contributed by atoms with van der Waals surface area (Å²) in [5, 5.41) is 5.36. The topological polar surface area (TPSA) is 87.7 Å². The van der Waals surface area contributed by atoms with Crippen LogP contribution in [0.4, 0.5) is 30.2 Å². The van der Waals surface area contributed by atoms with Gasteiger partial charge in [0.05, 0.1) is 17.2 Å². The molecule has 31 heavy (non-hydrogen) atoms. The summed E-state index contributed by atoms with van der Waals surface area (Å²) in [5.41, 5.74) is 0.0393. The van der Waals surface area contributed by atoms with Crippen LogP contribution in [0.15, 0.2) is 42.5 Å². The zero-order chi connectivity index (χ0) is 22.3. The fourth-order valence-electron chi connectivity index (χ4n) is 3.51. The Bertz CT molecular complexity index is 1070. The summed E-state index contributed by atoms with van der Waals surface area (Å²) in [6.07, 6.45) is -5.28. The third kappa shape index (κ3) is 4.18. The predicted molar refractivity (Wildman–Crippen MR) is 106 cm³/mol. The monoisotopic (exact) mass is 433 g/mol. The second kappa shape index (κ2) is 7.60. The molecule has 2 atom stereocenters. The van der Waals surface area contributed by atoms with Gasteiger partial charge in [-0.15, -0.1) is 0 Å². The lowest BCUT2D eigenvalue weighted by molar-refractivity contribution is -0.137. The first-order valence-electron chi connectivity index (χ1n) is 9.52. The second-order valence-corrected chi connectivity index (χ2v) is 7.40. The maximum Gasteiger partial charge on any atom is 0.416 e. The van der Waals surface area contributed by atoms with E-state index in [1.54, 1.807) is 25.1 Å². The summed E-state index contributed by atoms with van der Waals surface area (Å²) < 4.78 is 44.3. The minimum absolute atomic E-state index is 0.0335. The highest BCUT2D eigenvalue weighted by Crippen LogP contribution is 2.35. The number of fused-ring (bicyclic) bond motifs is 1. The number of alkyl halides is 3. The van der Waals surface area contributed by atoms with Crippen LogP contribution in [0.5, 0.6) is 5.75 Å². The van der Waals surface area contributed by atoms with Crippen LogP contribution in [0.2, 0.25) is 0 Å². The van der Waals surface area contributed by atoms with Gasteiger partial charge >= 0.3 is 6.18 Å². The van der Waals surface area contributed by atoms with E-state index in [1.807, 2.05) is 0 Å². The first kappa shape index (κ1) is 20.7. The highest BCUT2D eigenvalue weighted by molar-refractivity contribution is 6.04.